The molecular weight excluding hydrogens is 322 g/mol. The molecule has 0 atom stereocenters. The van der Waals surface area contributed by atoms with E-state index in [0.717, 1.165) is 75.5 Å². The van der Waals surface area contributed by atoms with Gasteiger partial charge in [-0.25, -0.2) is 4.98 Å². The second-order valence-electron chi connectivity index (χ2n) is 6.24. The molecule has 0 unspecified atom stereocenters. The lowest BCUT2D eigenvalue weighted by Gasteiger charge is -2.26. The monoisotopic (exact) mass is 345 g/mol. The van der Waals surface area contributed by atoms with E-state index in [0.29, 0.717) is 0 Å². The van der Waals surface area contributed by atoms with Crippen molar-refractivity contribution in [2.24, 2.45) is 0 Å². The molecule has 0 spiro atoms. The van der Waals surface area contributed by atoms with Crippen molar-refractivity contribution < 1.29 is 4.74 Å². The van der Waals surface area contributed by atoms with Crippen LogP contribution in [0.2, 0.25) is 0 Å². The van der Waals surface area contributed by atoms with E-state index in [9.17, 15) is 0 Å². The first kappa shape index (κ1) is 15.8. The average molecular weight is 345 g/mol. The van der Waals surface area contributed by atoms with E-state index in [1.165, 1.54) is 5.52 Å². The second-order valence-corrected chi connectivity index (χ2v) is 6.63. The van der Waals surface area contributed by atoms with Crippen LogP contribution in [0.15, 0.2) is 24.3 Å². The van der Waals surface area contributed by atoms with Gasteiger partial charge in [-0.05, 0) is 37.3 Å². The van der Waals surface area contributed by atoms with E-state index in [-0.39, 0.29) is 0 Å². The van der Waals surface area contributed by atoms with Crippen LogP contribution in [0.3, 0.4) is 0 Å². The lowest BCUT2D eigenvalue weighted by molar-refractivity contribution is 0.0376. The number of anilines is 1. The standard InChI is InChI=1S/C17H23N5OS/c24-17(18-6-3-7-20-10-12-23-13-11-20)22-9-8-21-15-5-2-1-4-14(15)19-16(21)22/h1-2,4-5H,3,6-13H2,(H,18,24). The maximum Gasteiger partial charge on any atom is 0.213 e. The summed E-state index contributed by atoms with van der Waals surface area (Å²) >= 11 is 5.59. The number of ether oxygens (including phenoxy) is 1. The summed E-state index contributed by atoms with van der Waals surface area (Å²) in [4.78, 5) is 9.30. The van der Waals surface area contributed by atoms with Gasteiger partial charge in [0, 0.05) is 32.7 Å². The van der Waals surface area contributed by atoms with Gasteiger partial charge in [-0.1, -0.05) is 12.1 Å². The summed E-state index contributed by atoms with van der Waals surface area (Å²) in [7, 11) is 0. The van der Waals surface area contributed by atoms with Gasteiger partial charge in [0.1, 0.15) is 0 Å². The van der Waals surface area contributed by atoms with Crippen molar-refractivity contribution in [1.29, 1.82) is 0 Å². The minimum Gasteiger partial charge on any atom is -0.379 e. The molecule has 0 amide bonds. The fourth-order valence-electron chi connectivity index (χ4n) is 3.40. The number of nitrogens with one attached hydrogen (secondary N) is 1. The highest BCUT2D eigenvalue weighted by Crippen LogP contribution is 2.26. The Hall–Kier alpha value is -1.70. The van der Waals surface area contributed by atoms with E-state index in [4.69, 9.17) is 21.9 Å². The molecule has 2 aliphatic rings. The normalized spacial score (nSPS) is 18.1. The SMILES string of the molecule is S=C(NCCCN1CCOCC1)N1CCn2c1nc1ccccc12. The Bertz CT molecular complexity index is 725. The number of thiocarbonyl (C=S) groups is 1. The first-order chi connectivity index (χ1) is 11.8. The molecule has 0 aliphatic carbocycles. The van der Waals surface area contributed by atoms with Crippen LogP contribution in [0.5, 0.6) is 0 Å². The molecule has 0 saturated carbocycles. The zero-order valence-electron chi connectivity index (χ0n) is 13.8. The number of hydrogen-bond donors (Lipinski definition) is 1. The third kappa shape index (κ3) is 3.11. The van der Waals surface area contributed by atoms with Crippen molar-refractivity contribution in [3.8, 4) is 0 Å². The Kier molecular flexibility index (Phi) is 4.64. The third-order valence-corrected chi connectivity index (χ3v) is 5.06. The predicted octanol–water partition coefficient (Wildman–Crippen LogP) is 1.45. The fraction of sp³-hybridized carbons (Fsp3) is 0.529. The van der Waals surface area contributed by atoms with Crippen molar-refractivity contribution in [2.45, 2.75) is 13.0 Å². The van der Waals surface area contributed by atoms with E-state index in [2.05, 4.69) is 37.9 Å². The van der Waals surface area contributed by atoms with Gasteiger partial charge < -0.3 is 14.6 Å². The second kappa shape index (κ2) is 7.04. The molecule has 0 bridgehead atoms. The molecule has 1 saturated heterocycles. The number of fused-ring (bicyclic) bond motifs is 3. The minimum absolute atomic E-state index is 0.783. The van der Waals surface area contributed by atoms with Crippen LogP contribution in [0, 0.1) is 0 Å². The number of benzene rings is 1. The molecule has 2 aromatic rings. The first-order valence-electron chi connectivity index (χ1n) is 8.64. The Morgan fingerprint density at radius 3 is 2.88 bits per heavy atom. The first-order valence-corrected chi connectivity index (χ1v) is 9.04. The zero-order chi connectivity index (χ0) is 16.4. The molecule has 1 aromatic carbocycles. The highest BCUT2D eigenvalue weighted by molar-refractivity contribution is 7.80. The number of imidazole rings is 1. The highest BCUT2D eigenvalue weighted by atomic mass is 32.1. The summed E-state index contributed by atoms with van der Waals surface area (Å²) < 4.78 is 7.62. The van der Waals surface area contributed by atoms with Gasteiger partial charge in [0.15, 0.2) is 5.11 Å². The lowest BCUT2D eigenvalue weighted by atomic mass is 10.3. The van der Waals surface area contributed by atoms with Gasteiger partial charge in [0.05, 0.1) is 24.2 Å². The Morgan fingerprint density at radius 2 is 2.00 bits per heavy atom. The molecule has 1 N–H and O–H groups in total. The molecular formula is C17H23N5OS. The number of aromatic nitrogens is 2. The molecule has 3 heterocycles. The molecule has 0 radical (unpaired) electrons. The maximum atomic E-state index is 5.59. The van der Waals surface area contributed by atoms with E-state index >= 15 is 0 Å². The minimum atomic E-state index is 0.783. The summed E-state index contributed by atoms with van der Waals surface area (Å²) in [5.41, 5.74) is 2.22. The van der Waals surface area contributed by atoms with Gasteiger partial charge in [0.25, 0.3) is 0 Å². The van der Waals surface area contributed by atoms with Crippen LogP contribution in [0.4, 0.5) is 5.95 Å². The van der Waals surface area contributed by atoms with Crippen molar-refractivity contribution in [3.63, 3.8) is 0 Å². The molecule has 1 fully saturated rings. The molecule has 7 heteroatoms. The van der Waals surface area contributed by atoms with E-state index in [1.54, 1.807) is 0 Å². The average Bonchev–Trinajstić information content (AvgIpc) is 3.18. The van der Waals surface area contributed by atoms with Crippen molar-refractivity contribution >= 4 is 34.3 Å². The summed E-state index contributed by atoms with van der Waals surface area (Å²) in [5, 5.41) is 4.18. The quantitative estimate of drug-likeness (QED) is 0.669. The summed E-state index contributed by atoms with van der Waals surface area (Å²) in [6.07, 6.45) is 1.09. The molecule has 4 rings (SSSR count). The highest BCUT2D eigenvalue weighted by Gasteiger charge is 2.25. The molecule has 2 aliphatic heterocycles. The zero-order valence-corrected chi connectivity index (χ0v) is 14.6. The number of nitrogens with zero attached hydrogens (tertiary/aromatic N) is 4. The lowest BCUT2D eigenvalue weighted by Crippen LogP contribution is -2.41. The van der Waals surface area contributed by atoms with Crippen molar-refractivity contribution in [2.75, 3.05) is 50.8 Å². The number of morpholine rings is 1. The molecule has 1 aromatic heterocycles. The summed E-state index contributed by atoms with van der Waals surface area (Å²) in [6, 6.07) is 8.26. The van der Waals surface area contributed by atoms with Crippen LogP contribution < -0.4 is 10.2 Å². The Morgan fingerprint density at radius 1 is 1.17 bits per heavy atom. The number of rotatable bonds is 4. The molecule has 24 heavy (non-hydrogen) atoms. The van der Waals surface area contributed by atoms with Crippen LogP contribution >= 0.6 is 12.2 Å². The van der Waals surface area contributed by atoms with Gasteiger partial charge in [0.2, 0.25) is 5.95 Å². The van der Waals surface area contributed by atoms with Gasteiger partial charge in [-0.2, -0.15) is 0 Å². The van der Waals surface area contributed by atoms with Crippen LogP contribution in [-0.4, -0.2) is 65.5 Å². The smallest absolute Gasteiger partial charge is 0.213 e. The van der Waals surface area contributed by atoms with E-state index in [1.807, 2.05) is 6.07 Å². The predicted molar refractivity (Wildman–Crippen MR) is 99.6 cm³/mol. The fourth-order valence-corrected chi connectivity index (χ4v) is 3.67. The third-order valence-electron chi connectivity index (χ3n) is 4.70. The Balaban J connectivity index is 1.31. The van der Waals surface area contributed by atoms with E-state index < -0.39 is 0 Å². The van der Waals surface area contributed by atoms with Crippen LogP contribution in [0.1, 0.15) is 6.42 Å². The molecule has 6 nitrogen and oxygen atoms in total. The van der Waals surface area contributed by atoms with Gasteiger partial charge in [-0.15, -0.1) is 0 Å². The largest absolute Gasteiger partial charge is 0.379 e. The summed E-state index contributed by atoms with van der Waals surface area (Å²) in [6.45, 7) is 7.62. The molecule has 128 valence electrons. The number of para-hydroxylation sites is 2. The van der Waals surface area contributed by atoms with Crippen molar-refractivity contribution in [1.82, 2.24) is 19.8 Å². The Labute approximate surface area is 147 Å². The topological polar surface area (TPSA) is 45.6 Å². The summed E-state index contributed by atoms with van der Waals surface area (Å²) in [5.74, 6) is 0.960. The van der Waals surface area contributed by atoms with Gasteiger partial charge in [-0.3, -0.25) is 9.80 Å². The van der Waals surface area contributed by atoms with Gasteiger partial charge >= 0.3 is 0 Å². The van der Waals surface area contributed by atoms with Crippen molar-refractivity contribution in [3.05, 3.63) is 24.3 Å². The van der Waals surface area contributed by atoms with Crippen LogP contribution in [0.25, 0.3) is 11.0 Å². The number of hydrogen-bond acceptors (Lipinski definition) is 4. The maximum absolute atomic E-state index is 5.59. The van der Waals surface area contributed by atoms with Crippen LogP contribution in [-0.2, 0) is 11.3 Å².